The fraction of sp³-hybridized carbons (Fsp3) is 0.500. The van der Waals surface area contributed by atoms with E-state index in [1.165, 1.54) is 11.1 Å². The normalized spacial score (nSPS) is 25.4. The molecule has 0 fully saturated rings. The maximum atomic E-state index is 9.96. The number of anilines is 1. The molecular formula is C12H17NO. The number of nitrogens with one attached hydrogen (secondary N) is 1. The van der Waals surface area contributed by atoms with E-state index in [4.69, 9.17) is 0 Å². The molecule has 76 valence electrons. The van der Waals surface area contributed by atoms with Crippen molar-refractivity contribution in [1.82, 2.24) is 0 Å². The largest absolute Gasteiger partial charge is 0.388 e. The maximum absolute atomic E-state index is 9.96. The molecule has 2 heteroatoms. The third-order valence-electron chi connectivity index (χ3n) is 2.84. The lowest BCUT2D eigenvalue weighted by Crippen LogP contribution is -2.26. The summed E-state index contributed by atoms with van der Waals surface area (Å²) in [7, 11) is 0. The molecule has 1 heterocycles. The van der Waals surface area contributed by atoms with Gasteiger partial charge in [-0.2, -0.15) is 0 Å². The Labute approximate surface area is 85.0 Å². The van der Waals surface area contributed by atoms with Gasteiger partial charge in [-0.15, -0.1) is 0 Å². The SMILES string of the molecule is Cc1cc(C)c2c(c1)NC(C)CC2O. The number of aliphatic hydroxyl groups is 1. The minimum Gasteiger partial charge on any atom is -0.388 e. The molecule has 14 heavy (non-hydrogen) atoms. The zero-order valence-corrected chi connectivity index (χ0v) is 8.96. The van der Waals surface area contributed by atoms with Crippen LogP contribution < -0.4 is 5.32 Å². The van der Waals surface area contributed by atoms with Crippen molar-refractivity contribution in [1.29, 1.82) is 0 Å². The van der Waals surface area contributed by atoms with Gasteiger partial charge in [0.25, 0.3) is 0 Å². The standard InChI is InChI=1S/C12H17NO/c1-7-4-8(2)12-10(5-7)13-9(3)6-11(12)14/h4-5,9,11,13-14H,6H2,1-3H3. The fourth-order valence-corrected chi connectivity index (χ4v) is 2.32. The van der Waals surface area contributed by atoms with Crippen LogP contribution in [0.5, 0.6) is 0 Å². The predicted molar refractivity (Wildman–Crippen MR) is 58.6 cm³/mol. The molecule has 0 saturated heterocycles. The van der Waals surface area contributed by atoms with Crippen LogP contribution in [0.25, 0.3) is 0 Å². The van der Waals surface area contributed by atoms with Gasteiger partial charge in [0.15, 0.2) is 0 Å². The van der Waals surface area contributed by atoms with Crippen molar-refractivity contribution in [2.75, 3.05) is 5.32 Å². The van der Waals surface area contributed by atoms with E-state index in [9.17, 15) is 5.11 Å². The van der Waals surface area contributed by atoms with Crippen molar-refractivity contribution < 1.29 is 5.11 Å². The van der Waals surface area contributed by atoms with Crippen molar-refractivity contribution in [3.8, 4) is 0 Å². The average Bonchev–Trinajstić information content (AvgIpc) is 1.99. The molecule has 2 N–H and O–H groups in total. The van der Waals surface area contributed by atoms with Crippen LogP contribution in [0.4, 0.5) is 5.69 Å². The van der Waals surface area contributed by atoms with Crippen LogP contribution in [0, 0.1) is 13.8 Å². The first kappa shape index (κ1) is 9.53. The number of hydrogen-bond acceptors (Lipinski definition) is 2. The first-order chi connectivity index (χ1) is 6.58. The first-order valence-corrected chi connectivity index (χ1v) is 5.13. The highest BCUT2D eigenvalue weighted by molar-refractivity contribution is 5.59. The van der Waals surface area contributed by atoms with Crippen LogP contribution in [0.15, 0.2) is 12.1 Å². The van der Waals surface area contributed by atoms with Crippen LogP contribution in [0.1, 0.15) is 36.1 Å². The molecule has 0 radical (unpaired) electrons. The van der Waals surface area contributed by atoms with E-state index >= 15 is 0 Å². The van der Waals surface area contributed by atoms with Crippen molar-refractivity contribution in [2.45, 2.75) is 39.3 Å². The fourth-order valence-electron chi connectivity index (χ4n) is 2.32. The lowest BCUT2D eigenvalue weighted by Gasteiger charge is -2.30. The monoisotopic (exact) mass is 191 g/mol. The third-order valence-corrected chi connectivity index (χ3v) is 2.84. The molecule has 1 aromatic carbocycles. The number of hydrogen-bond donors (Lipinski definition) is 2. The Morgan fingerprint density at radius 1 is 1.36 bits per heavy atom. The Balaban J connectivity index is 2.53. The summed E-state index contributed by atoms with van der Waals surface area (Å²) in [6, 6.07) is 4.60. The van der Waals surface area contributed by atoms with E-state index in [0.717, 1.165) is 17.7 Å². The molecule has 0 saturated carbocycles. The second-order valence-corrected chi connectivity index (χ2v) is 4.34. The zero-order chi connectivity index (χ0) is 10.3. The summed E-state index contributed by atoms with van der Waals surface area (Å²) in [4.78, 5) is 0. The Kier molecular flexibility index (Phi) is 2.23. The predicted octanol–water partition coefficient (Wildman–Crippen LogP) is 2.54. The second-order valence-electron chi connectivity index (χ2n) is 4.34. The zero-order valence-electron chi connectivity index (χ0n) is 8.96. The summed E-state index contributed by atoms with van der Waals surface area (Å²) < 4.78 is 0. The first-order valence-electron chi connectivity index (χ1n) is 5.13. The summed E-state index contributed by atoms with van der Waals surface area (Å²) in [5, 5.41) is 13.4. The molecule has 2 unspecified atom stereocenters. The van der Waals surface area contributed by atoms with Crippen molar-refractivity contribution in [3.63, 3.8) is 0 Å². The Bertz CT molecular complexity index is 360. The smallest absolute Gasteiger partial charge is 0.0832 e. The van der Waals surface area contributed by atoms with E-state index < -0.39 is 0 Å². The Hall–Kier alpha value is -1.02. The lowest BCUT2D eigenvalue weighted by atomic mass is 9.91. The van der Waals surface area contributed by atoms with Gasteiger partial charge in [-0.05, 0) is 44.4 Å². The van der Waals surface area contributed by atoms with Gasteiger partial charge in [-0.1, -0.05) is 6.07 Å². The minimum atomic E-state index is -0.304. The summed E-state index contributed by atoms with van der Waals surface area (Å²) in [5.41, 5.74) is 4.62. The molecule has 1 aliphatic rings. The van der Waals surface area contributed by atoms with Gasteiger partial charge in [-0.25, -0.2) is 0 Å². The van der Waals surface area contributed by atoms with E-state index in [2.05, 4.69) is 38.2 Å². The van der Waals surface area contributed by atoms with Crippen LogP contribution in [-0.2, 0) is 0 Å². The third kappa shape index (κ3) is 1.50. The van der Waals surface area contributed by atoms with Gasteiger partial charge >= 0.3 is 0 Å². The molecule has 1 aliphatic heterocycles. The average molecular weight is 191 g/mol. The van der Waals surface area contributed by atoms with Gasteiger partial charge in [-0.3, -0.25) is 0 Å². The van der Waals surface area contributed by atoms with Crippen LogP contribution in [0.3, 0.4) is 0 Å². The highest BCUT2D eigenvalue weighted by Gasteiger charge is 2.23. The van der Waals surface area contributed by atoms with Gasteiger partial charge in [0.1, 0.15) is 0 Å². The molecular weight excluding hydrogens is 174 g/mol. The van der Waals surface area contributed by atoms with Crippen molar-refractivity contribution in [3.05, 3.63) is 28.8 Å². The molecule has 2 nitrogen and oxygen atoms in total. The van der Waals surface area contributed by atoms with E-state index in [1.807, 2.05) is 0 Å². The molecule has 0 bridgehead atoms. The lowest BCUT2D eigenvalue weighted by molar-refractivity contribution is 0.157. The molecule has 0 amide bonds. The highest BCUT2D eigenvalue weighted by Crippen LogP contribution is 2.35. The van der Waals surface area contributed by atoms with Gasteiger partial charge < -0.3 is 10.4 Å². The molecule has 0 aromatic heterocycles. The van der Waals surface area contributed by atoms with Crippen molar-refractivity contribution >= 4 is 5.69 Å². The molecule has 0 spiro atoms. The number of benzene rings is 1. The summed E-state index contributed by atoms with van der Waals surface area (Å²) in [6.07, 6.45) is 0.499. The van der Waals surface area contributed by atoms with Gasteiger partial charge in [0.05, 0.1) is 6.10 Å². The van der Waals surface area contributed by atoms with Crippen molar-refractivity contribution in [2.24, 2.45) is 0 Å². The number of aliphatic hydroxyl groups excluding tert-OH is 1. The van der Waals surface area contributed by atoms with E-state index in [1.54, 1.807) is 0 Å². The van der Waals surface area contributed by atoms with E-state index in [0.29, 0.717) is 6.04 Å². The van der Waals surface area contributed by atoms with Crippen LogP contribution in [0.2, 0.25) is 0 Å². The maximum Gasteiger partial charge on any atom is 0.0832 e. The second kappa shape index (κ2) is 3.28. The molecule has 2 atom stereocenters. The van der Waals surface area contributed by atoms with Gasteiger partial charge in [0, 0.05) is 17.3 Å². The minimum absolute atomic E-state index is 0.304. The summed E-state index contributed by atoms with van der Waals surface area (Å²) in [5.74, 6) is 0. The number of rotatable bonds is 0. The Morgan fingerprint density at radius 2 is 2.07 bits per heavy atom. The highest BCUT2D eigenvalue weighted by atomic mass is 16.3. The number of aryl methyl sites for hydroxylation is 2. The quantitative estimate of drug-likeness (QED) is 0.660. The molecule has 0 aliphatic carbocycles. The summed E-state index contributed by atoms with van der Waals surface area (Å²) >= 11 is 0. The number of fused-ring (bicyclic) bond motifs is 1. The molecule has 2 rings (SSSR count). The Morgan fingerprint density at radius 3 is 2.79 bits per heavy atom. The molecule has 1 aromatic rings. The summed E-state index contributed by atoms with van der Waals surface area (Å²) in [6.45, 7) is 6.25. The van der Waals surface area contributed by atoms with Crippen LogP contribution in [-0.4, -0.2) is 11.1 Å². The van der Waals surface area contributed by atoms with Crippen LogP contribution >= 0.6 is 0 Å². The van der Waals surface area contributed by atoms with Gasteiger partial charge in [0.2, 0.25) is 0 Å². The van der Waals surface area contributed by atoms with E-state index in [-0.39, 0.29) is 6.10 Å². The topological polar surface area (TPSA) is 32.3 Å².